The SMILES string of the molecule is CNCCNC(=O)c1ccc(CNC2C(=O)c3ccccc3C(=O)C2Cl)cc1. The van der Waals surface area contributed by atoms with Gasteiger partial charge >= 0.3 is 0 Å². The van der Waals surface area contributed by atoms with Gasteiger partial charge in [0, 0.05) is 36.3 Å². The number of fused-ring (bicyclic) bond motifs is 1. The van der Waals surface area contributed by atoms with Gasteiger partial charge in [-0.25, -0.2) is 0 Å². The van der Waals surface area contributed by atoms with Gasteiger partial charge in [-0.15, -0.1) is 11.6 Å². The zero-order chi connectivity index (χ0) is 20.1. The molecule has 0 spiro atoms. The van der Waals surface area contributed by atoms with Crippen LogP contribution >= 0.6 is 11.6 Å². The fraction of sp³-hybridized carbons (Fsp3) is 0.286. The average Bonchev–Trinajstić information content (AvgIpc) is 2.72. The topological polar surface area (TPSA) is 87.3 Å². The Labute approximate surface area is 168 Å². The number of likely N-dealkylation sites (N-methyl/N-ethyl adjacent to an activating group) is 1. The van der Waals surface area contributed by atoms with Crippen LogP contribution in [-0.2, 0) is 6.54 Å². The van der Waals surface area contributed by atoms with E-state index < -0.39 is 11.4 Å². The number of amides is 1. The molecular weight excluding hydrogens is 378 g/mol. The van der Waals surface area contributed by atoms with Crippen molar-refractivity contribution in [1.82, 2.24) is 16.0 Å². The third kappa shape index (κ3) is 4.30. The Morgan fingerprint density at radius 2 is 1.61 bits per heavy atom. The maximum absolute atomic E-state index is 12.7. The molecule has 0 saturated carbocycles. The molecule has 28 heavy (non-hydrogen) atoms. The molecule has 2 atom stereocenters. The van der Waals surface area contributed by atoms with Gasteiger partial charge in [-0.3, -0.25) is 14.4 Å². The number of hydrogen-bond donors (Lipinski definition) is 3. The number of carbonyl (C=O) groups is 3. The predicted molar refractivity (Wildman–Crippen MR) is 108 cm³/mol. The van der Waals surface area contributed by atoms with Crippen molar-refractivity contribution in [2.75, 3.05) is 20.1 Å². The second-order valence-corrected chi connectivity index (χ2v) is 7.06. The number of ketones is 2. The van der Waals surface area contributed by atoms with E-state index in [0.29, 0.717) is 36.3 Å². The van der Waals surface area contributed by atoms with Crippen molar-refractivity contribution >= 4 is 29.1 Å². The first-order valence-electron chi connectivity index (χ1n) is 9.09. The van der Waals surface area contributed by atoms with Gasteiger partial charge < -0.3 is 16.0 Å². The van der Waals surface area contributed by atoms with Gasteiger partial charge in [0.25, 0.3) is 5.91 Å². The fourth-order valence-electron chi connectivity index (χ4n) is 3.11. The highest BCUT2D eigenvalue weighted by atomic mass is 35.5. The van der Waals surface area contributed by atoms with E-state index in [0.717, 1.165) is 5.56 Å². The molecule has 6 nitrogen and oxygen atoms in total. The maximum atomic E-state index is 12.7. The first-order valence-corrected chi connectivity index (χ1v) is 9.53. The van der Waals surface area contributed by atoms with Crippen molar-refractivity contribution in [3.63, 3.8) is 0 Å². The van der Waals surface area contributed by atoms with Gasteiger partial charge in [-0.05, 0) is 24.7 Å². The van der Waals surface area contributed by atoms with E-state index in [-0.39, 0.29) is 17.5 Å². The van der Waals surface area contributed by atoms with Gasteiger partial charge in [-0.1, -0.05) is 36.4 Å². The Bertz CT molecular complexity index is 883. The molecule has 2 aromatic carbocycles. The van der Waals surface area contributed by atoms with E-state index in [2.05, 4.69) is 16.0 Å². The van der Waals surface area contributed by atoms with Crippen LogP contribution in [0.5, 0.6) is 0 Å². The van der Waals surface area contributed by atoms with Crippen LogP contribution < -0.4 is 16.0 Å². The molecule has 0 heterocycles. The summed E-state index contributed by atoms with van der Waals surface area (Å²) in [6.07, 6.45) is 0. The highest BCUT2D eigenvalue weighted by Crippen LogP contribution is 2.25. The summed E-state index contributed by atoms with van der Waals surface area (Å²) in [4.78, 5) is 37.2. The van der Waals surface area contributed by atoms with Crippen molar-refractivity contribution in [3.05, 3.63) is 70.8 Å². The van der Waals surface area contributed by atoms with E-state index in [1.54, 1.807) is 36.4 Å². The van der Waals surface area contributed by atoms with Gasteiger partial charge in [0.1, 0.15) is 5.38 Å². The molecule has 2 unspecified atom stereocenters. The highest BCUT2D eigenvalue weighted by molar-refractivity contribution is 6.39. The van der Waals surface area contributed by atoms with Crippen LogP contribution in [0.4, 0.5) is 0 Å². The number of Topliss-reactive ketones (excluding diaryl/α,β-unsaturated/α-hetero) is 2. The summed E-state index contributed by atoms with van der Waals surface area (Å²) < 4.78 is 0. The molecule has 0 bridgehead atoms. The van der Waals surface area contributed by atoms with E-state index in [9.17, 15) is 14.4 Å². The molecule has 0 aromatic heterocycles. The number of halogens is 1. The van der Waals surface area contributed by atoms with Crippen molar-refractivity contribution in [3.8, 4) is 0 Å². The smallest absolute Gasteiger partial charge is 0.251 e. The molecule has 2 aromatic rings. The molecule has 7 heteroatoms. The minimum Gasteiger partial charge on any atom is -0.351 e. The van der Waals surface area contributed by atoms with Crippen LogP contribution in [-0.4, -0.2) is 49.0 Å². The normalized spacial score (nSPS) is 18.6. The number of benzene rings is 2. The number of alkyl halides is 1. The van der Waals surface area contributed by atoms with Crippen LogP contribution in [0, 0.1) is 0 Å². The summed E-state index contributed by atoms with van der Waals surface area (Å²) in [6, 6.07) is 13.0. The molecule has 1 aliphatic rings. The van der Waals surface area contributed by atoms with Crippen LogP contribution in [0.1, 0.15) is 36.6 Å². The Balaban J connectivity index is 1.63. The quantitative estimate of drug-likeness (QED) is 0.488. The fourth-order valence-corrected chi connectivity index (χ4v) is 3.44. The second kappa shape index (κ2) is 9.10. The van der Waals surface area contributed by atoms with Gasteiger partial charge in [-0.2, -0.15) is 0 Å². The molecule has 1 aliphatic carbocycles. The zero-order valence-electron chi connectivity index (χ0n) is 15.5. The number of hydrogen-bond acceptors (Lipinski definition) is 5. The van der Waals surface area contributed by atoms with E-state index >= 15 is 0 Å². The third-order valence-electron chi connectivity index (χ3n) is 4.69. The number of carbonyl (C=O) groups excluding carboxylic acids is 3. The summed E-state index contributed by atoms with van der Waals surface area (Å²) in [5.41, 5.74) is 2.22. The second-order valence-electron chi connectivity index (χ2n) is 6.59. The first-order chi connectivity index (χ1) is 13.5. The lowest BCUT2D eigenvalue weighted by Crippen LogP contribution is -2.50. The maximum Gasteiger partial charge on any atom is 0.251 e. The molecular formula is C21H22ClN3O3. The van der Waals surface area contributed by atoms with Crippen LogP contribution in [0.2, 0.25) is 0 Å². The van der Waals surface area contributed by atoms with Crippen LogP contribution in [0.25, 0.3) is 0 Å². The van der Waals surface area contributed by atoms with Crippen molar-refractivity contribution in [2.45, 2.75) is 18.0 Å². The molecule has 0 radical (unpaired) electrons. The summed E-state index contributed by atoms with van der Waals surface area (Å²) in [7, 11) is 1.82. The number of rotatable bonds is 7. The Hall–Kier alpha value is -2.54. The monoisotopic (exact) mass is 399 g/mol. The Morgan fingerprint density at radius 3 is 2.25 bits per heavy atom. The summed E-state index contributed by atoms with van der Waals surface area (Å²) >= 11 is 6.26. The molecule has 3 N–H and O–H groups in total. The summed E-state index contributed by atoms with van der Waals surface area (Å²) in [6.45, 7) is 1.61. The first kappa shape index (κ1) is 20.2. The average molecular weight is 400 g/mol. The minimum atomic E-state index is -0.945. The lowest BCUT2D eigenvalue weighted by molar-refractivity contribution is 0.0853. The largest absolute Gasteiger partial charge is 0.351 e. The van der Waals surface area contributed by atoms with Gasteiger partial charge in [0.15, 0.2) is 11.6 Å². The predicted octanol–water partition coefficient (Wildman–Crippen LogP) is 1.78. The molecule has 146 valence electrons. The third-order valence-corrected chi connectivity index (χ3v) is 5.14. The van der Waals surface area contributed by atoms with Crippen LogP contribution in [0.3, 0.4) is 0 Å². The minimum absolute atomic E-state index is 0.139. The molecule has 0 saturated heterocycles. The van der Waals surface area contributed by atoms with Gasteiger partial charge in [0.05, 0.1) is 6.04 Å². The molecule has 3 rings (SSSR count). The molecule has 0 aliphatic heterocycles. The number of nitrogens with one attached hydrogen (secondary N) is 3. The van der Waals surface area contributed by atoms with Gasteiger partial charge in [0.2, 0.25) is 0 Å². The summed E-state index contributed by atoms with van der Waals surface area (Å²) in [5.74, 6) is -0.570. The van der Waals surface area contributed by atoms with E-state index in [1.165, 1.54) is 0 Å². The van der Waals surface area contributed by atoms with Crippen molar-refractivity contribution in [1.29, 1.82) is 0 Å². The zero-order valence-corrected chi connectivity index (χ0v) is 16.3. The Kier molecular flexibility index (Phi) is 6.57. The van der Waals surface area contributed by atoms with Crippen LogP contribution in [0.15, 0.2) is 48.5 Å². The van der Waals surface area contributed by atoms with Crippen molar-refractivity contribution < 1.29 is 14.4 Å². The molecule has 0 fully saturated rings. The lowest BCUT2D eigenvalue weighted by Gasteiger charge is -2.27. The highest BCUT2D eigenvalue weighted by Gasteiger charge is 2.39. The Morgan fingerprint density at radius 1 is 0.964 bits per heavy atom. The summed E-state index contributed by atoms with van der Waals surface area (Å²) in [5, 5.41) is 7.92. The van der Waals surface area contributed by atoms with E-state index in [1.807, 2.05) is 19.2 Å². The lowest BCUT2D eigenvalue weighted by atomic mass is 9.85. The van der Waals surface area contributed by atoms with E-state index in [4.69, 9.17) is 11.6 Å². The standard InChI is InChI=1S/C21H22ClN3O3/c1-23-10-11-24-21(28)14-8-6-13(7-9-14)12-25-18-17(22)19(26)15-4-2-3-5-16(15)20(18)27/h2-9,17-18,23,25H,10-12H2,1H3,(H,24,28). The van der Waals surface area contributed by atoms with Crippen molar-refractivity contribution in [2.24, 2.45) is 0 Å². The molecule has 1 amide bonds.